The quantitative estimate of drug-likeness (QED) is 0.886. The van der Waals surface area contributed by atoms with Crippen molar-refractivity contribution in [2.24, 2.45) is 11.7 Å². The molecule has 2 atom stereocenters. The number of imidazole rings is 1. The van der Waals surface area contributed by atoms with Gasteiger partial charge in [0.15, 0.2) is 0 Å². The molecular weight excluding hydrogens is 236 g/mol. The second kappa shape index (κ2) is 5.31. The molecule has 1 saturated heterocycles. The number of piperidine rings is 1. The summed E-state index contributed by atoms with van der Waals surface area (Å²) in [5, 5.41) is 0. The lowest BCUT2D eigenvalue weighted by molar-refractivity contribution is 0.151. The minimum absolute atomic E-state index is 0.290. The van der Waals surface area contributed by atoms with Crippen molar-refractivity contribution >= 4 is 11.0 Å². The maximum atomic E-state index is 6.03. The Bertz CT molecular complexity index is 513. The van der Waals surface area contributed by atoms with Crippen LogP contribution in [0.2, 0.25) is 0 Å². The molecule has 0 radical (unpaired) electrons. The summed E-state index contributed by atoms with van der Waals surface area (Å²) in [6, 6.07) is 8.49. The predicted octanol–water partition coefficient (Wildman–Crippen LogP) is 2.12. The van der Waals surface area contributed by atoms with Crippen molar-refractivity contribution in [3.8, 4) is 0 Å². The van der Waals surface area contributed by atoms with Gasteiger partial charge in [-0.2, -0.15) is 0 Å². The molecule has 3 rings (SSSR count). The summed E-state index contributed by atoms with van der Waals surface area (Å²) in [6.45, 7) is 5.27. The molecule has 1 aromatic carbocycles. The average molecular weight is 258 g/mol. The van der Waals surface area contributed by atoms with Crippen molar-refractivity contribution in [3.63, 3.8) is 0 Å². The summed E-state index contributed by atoms with van der Waals surface area (Å²) in [7, 11) is 0. The molecule has 2 aromatic rings. The van der Waals surface area contributed by atoms with Crippen LogP contribution in [0.5, 0.6) is 0 Å². The smallest absolute Gasteiger partial charge is 0.121 e. The van der Waals surface area contributed by atoms with Crippen molar-refractivity contribution in [2.45, 2.75) is 32.4 Å². The van der Waals surface area contributed by atoms with E-state index < -0.39 is 0 Å². The fourth-order valence-electron chi connectivity index (χ4n) is 2.96. The normalized spacial score (nSPS) is 22.7. The molecule has 1 aliphatic heterocycles. The van der Waals surface area contributed by atoms with Gasteiger partial charge in [-0.1, -0.05) is 12.1 Å². The zero-order valence-corrected chi connectivity index (χ0v) is 11.5. The van der Waals surface area contributed by atoms with Crippen LogP contribution in [0.1, 0.15) is 25.6 Å². The average Bonchev–Trinajstić information content (AvgIpc) is 2.81. The Balaban J connectivity index is 1.70. The molecule has 1 fully saturated rings. The summed E-state index contributed by atoms with van der Waals surface area (Å²) in [4.78, 5) is 10.5. The third kappa shape index (κ3) is 2.80. The Morgan fingerprint density at radius 3 is 3.11 bits per heavy atom. The third-order valence-electron chi connectivity index (χ3n) is 4.10. The molecule has 1 aliphatic rings. The molecule has 0 amide bonds. The number of aromatic nitrogens is 2. The van der Waals surface area contributed by atoms with Gasteiger partial charge in [-0.25, -0.2) is 4.98 Å². The number of nitrogens with two attached hydrogens (primary N) is 1. The van der Waals surface area contributed by atoms with Crippen molar-refractivity contribution < 1.29 is 0 Å². The molecule has 102 valence electrons. The van der Waals surface area contributed by atoms with Crippen molar-refractivity contribution in [1.82, 2.24) is 14.9 Å². The number of likely N-dealkylation sites (tertiary alicyclic amines) is 1. The molecule has 0 bridgehead atoms. The zero-order chi connectivity index (χ0) is 13.2. The largest absolute Gasteiger partial charge is 0.341 e. The van der Waals surface area contributed by atoms with E-state index in [9.17, 15) is 0 Å². The topological polar surface area (TPSA) is 57.9 Å². The Labute approximate surface area is 114 Å². The molecule has 4 heteroatoms. The predicted molar refractivity (Wildman–Crippen MR) is 77.7 cm³/mol. The van der Waals surface area contributed by atoms with Gasteiger partial charge in [0.2, 0.25) is 0 Å². The van der Waals surface area contributed by atoms with Crippen molar-refractivity contribution in [2.75, 3.05) is 13.1 Å². The highest BCUT2D eigenvalue weighted by atomic mass is 15.2. The van der Waals surface area contributed by atoms with E-state index in [1.807, 2.05) is 12.1 Å². The molecule has 0 saturated carbocycles. The number of fused-ring (bicyclic) bond motifs is 1. The Morgan fingerprint density at radius 1 is 1.47 bits per heavy atom. The number of rotatable bonds is 3. The van der Waals surface area contributed by atoms with E-state index in [2.05, 4.69) is 33.9 Å². The first-order chi connectivity index (χ1) is 9.22. The van der Waals surface area contributed by atoms with E-state index in [1.54, 1.807) is 0 Å². The molecular formula is C15H22N4. The molecule has 19 heavy (non-hydrogen) atoms. The maximum absolute atomic E-state index is 6.03. The SMILES string of the molecule is CC(N)C1CCCN(Cc2nc3ccccc3[nH]2)C1. The van der Waals surface area contributed by atoms with Gasteiger partial charge in [-0.05, 0) is 44.4 Å². The van der Waals surface area contributed by atoms with Gasteiger partial charge in [0.05, 0.1) is 17.6 Å². The number of H-pyrrole nitrogens is 1. The third-order valence-corrected chi connectivity index (χ3v) is 4.10. The highest BCUT2D eigenvalue weighted by Crippen LogP contribution is 2.20. The highest BCUT2D eigenvalue weighted by Gasteiger charge is 2.23. The number of hydrogen-bond donors (Lipinski definition) is 2. The summed E-state index contributed by atoms with van der Waals surface area (Å²) in [6.07, 6.45) is 2.50. The molecule has 0 spiro atoms. The van der Waals surface area contributed by atoms with Crippen molar-refractivity contribution in [3.05, 3.63) is 30.1 Å². The van der Waals surface area contributed by atoms with E-state index >= 15 is 0 Å². The molecule has 1 aromatic heterocycles. The van der Waals surface area contributed by atoms with Gasteiger partial charge >= 0.3 is 0 Å². The van der Waals surface area contributed by atoms with Crippen LogP contribution in [0, 0.1) is 5.92 Å². The molecule has 2 heterocycles. The highest BCUT2D eigenvalue weighted by molar-refractivity contribution is 5.74. The Kier molecular flexibility index (Phi) is 3.53. The van der Waals surface area contributed by atoms with Gasteiger partial charge in [0, 0.05) is 12.6 Å². The van der Waals surface area contributed by atoms with E-state index in [1.165, 1.54) is 12.8 Å². The van der Waals surface area contributed by atoms with Crippen molar-refractivity contribution in [1.29, 1.82) is 0 Å². The number of benzene rings is 1. The molecule has 4 nitrogen and oxygen atoms in total. The number of nitrogens with zero attached hydrogens (tertiary/aromatic N) is 2. The lowest BCUT2D eigenvalue weighted by atomic mass is 9.92. The summed E-state index contributed by atoms with van der Waals surface area (Å²) in [5.74, 6) is 1.68. The fraction of sp³-hybridized carbons (Fsp3) is 0.533. The van der Waals surface area contributed by atoms with Crippen LogP contribution < -0.4 is 5.73 Å². The van der Waals surface area contributed by atoms with Crippen LogP contribution in [0.15, 0.2) is 24.3 Å². The van der Waals surface area contributed by atoms with E-state index in [0.717, 1.165) is 36.5 Å². The van der Waals surface area contributed by atoms with Crippen LogP contribution >= 0.6 is 0 Å². The minimum Gasteiger partial charge on any atom is -0.341 e. The van der Waals surface area contributed by atoms with Crippen LogP contribution in [-0.4, -0.2) is 34.0 Å². The lowest BCUT2D eigenvalue weighted by Crippen LogP contribution is -2.42. The first kappa shape index (κ1) is 12.6. The van der Waals surface area contributed by atoms with Gasteiger partial charge in [0.1, 0.15) is 5.82 Å². The fourth-order valence-corrected chi connectivity index (χ4v) is 2.96. The van der Waals surface area contributed by atoms with Gasteiger partial charge < -0.3 is 10.7 Å². The standard InChI is InChI=1S/C15H22N4/c1-11(16)12-5-4-8-19(9-12)10-15-17-13-6-2-3-7-14(13)18-15/h2-3,6-7,11-12H,4-5,8-10,16H2,1H3,(H,17,18). The Hall–Kier alpha value is -1.39. The van der Waals surface area contributed by atoms with Crippen LogP contribution in [-0.2, 0) is 6.54 Å². The van der Waals surface area contributed by atoms with Crippen LogP contribution in [0.4, 0.5) is 0 Å². The van der Waals surface area contributed by atoms with Gasteiger partial charge in [0.25, 0.3) is 0 Å². The maximum Gasteiger partial charge on any atom is 0.121 e. The summed E-state index contributed by atoms with van der Waals surface area (Å²) in [5.41, 5.74) is 8.21. The number of nitrogens with one attached hydrogen (secondary N) is 1. The second-order valence-electron chi connectivity index (χ2n) is 5.70. The minimum atomic E-state index is 0.290. The van der Waals surface area contributed by atoms with E-state index in [-0.39, 0.29) is 0 Å². The number of para-hydroxylation sites is 2. The first-order valence-corrected chi connectivity index (χ1v) is 7.14. The zero-order valence-electron chi connectivity index (χ0n) is 11.5. The second-order valence-corrected chi connectivity index (χ2v) is 5.70. The molecule has 2 unspecified atom stereocenters. The number of hydrogen-bond acceptors (Lipinski definition) is 3. The monoisotopic (exact) mass is 258 g/mol. The number of aromatic amines is 1. The lowest BCUT2D eigenvalue weighted by Gasteiger charge is -2.34. The summed E-state index contributed by atoms with van der Waals surface area (Å²) >= 11 is 0. The van der Waals surface area contributed by atoms with Gasteiger partial charge in [-0.15, -0.1) is 0 Å². The van der Waals surface area contributed by atoms with Crippen LogP contribution in [0.25, 0.3) is 11.0 Å². The molecule has 0 aliphatic carbocycles. The van der Waals surface area contributed by atoms with E-state index in [4.69, 9.17) is 5.73 Å². The summed E-state index contributed by atoms with van der Waals surface area (Å²) < 4.78 is 0. The van der Waals surface area contributed by atoms with Gasteiger partial charge in [-0.3, -0.25) is 4.90 Å². The first-order valence-electron chi connectivity index (χ1n) is 7.14. The van der Waals surface area contributed by atoms with E-state index in [0.29, 0.717) is 12.0 Å². The van der Waals surface area contributed by atoms with Crippen LogP contribution in [0.3, 0.4) is 0 Å². The molecule has 3 N–H and O–H groups in total. The Morgan fingerprint density at radius 2 is 2.32 bits per heavy atom.